The molecule has 1 aromatic heterocycles. The summed E-state index contributed by atoms with van der Waals surface area (Å²) >= 11 is 0. The van der Waals surface area contributed by atoms with Crippen LogP contribution < -0.4 is 0 Å². The number of para-hydroxylation sites is 2. The van der Waals surface area contributed by atoms with E-state index in [0.29, 0.717) is 13.0 Å². The largest absolute Gasteiger partial charge is 0.378 e. The van der Waals surface area contributed by atoms with Crippen molar-refractivity contribution in [2.45, 2.75) is 51.8 Å². The molecule has 0 bridgehead atoms. The minimum atomic E-state index is 0.162. The van der Waals surface area contributed by atoms with Crippen LogP contribution in [0.2, 0.25) is 0 Å². The fourth-order valence-corrected chi connectivity index (χ4v) is 3.25. The Kier molecular flexibility index (Phi) is 4.96. The third kappa shape index (κ3) is 3.55. The molecule has 1 saturated heterocycles. The number of benzene rings is 1. The average molecular weight is 315 g/mol. The molecule has 0 saturated carbocycles. The SMILES string of the molecule is CCn1c(CN(C)C(=O)CCC2CCCO2)nc2ccccc21. The Bertz CT molecular complexity index is 674. The third-order valence-corrected chi connectivity index (χ3v) is 4.56. The number of carbonyl (C=O) groups is 1. The number of ether oxygens (including phenoxy) is 1. The second-order valence-corrected chi connectivity index (χ2v) is 6.18. The van der Waals surface area contributed by atoms with Crippen molar-refractivity contribution in [3.05, 3.63) is 30.1 Å². The van der Waals surface area contributed by atoms with E-state index in [1.54, 1.807) is 4.90 Å². The van der Waals surface area contributed by atoms with Gasteiger partial charge in [-0.25, -0.2) is 4.98 Å². The molecule has 124 valence electrons. The summed E-state index contributed by atoms with van der Waals surface area (Å²) < 4.78 is 7.77. The first kappa shape index (κ1) is 16.0. The molecular weight excluding hydrogens is 290 g/mol. The van der Waals surface area contributed by atoms with Crippen molar-refractivity contribution in [2.75, 3.05) is 13.7 Å². The lowest BCUT2D eigenvalue weighted by Gasteiger charge is -2.18. The molecule has 23 heavy (non-hydrogen) atoms. The van der Waals surface area contributed by atoms with E-state index >= 15 is 0 Å². The zero-order valence-corrected chi connectivity index (χ0v) is 14.0. The van der Waals surface area contributed by atoms with Gasteiger partial charge in [0.1, 0.15) is 5.82 Å². The van der Waals surface area contributed by atoms with Gasteiger partial charge in [0.05, 0.1) is 23.7 Å². The first-order valence-corrected chi connectivity index (χ1v) is 8.48. The van der Waals surface area contributed by atoms with Crippen LogP contribution in [0.3, 0.4) is 0 Å². The van der Waals surface area contributed by atoms with E-state index in [9.17, 15) is 4.79 Å². The van der Waals surface area contributed by atoms with Crippen LogP contribution in [-0.4, -0.2) is 40.1 Å². The third-order valence-electron chi connectivity index (χ3n) is 4.56. The minimum Gasteiger partial charge on any atom is -0.378 e. The number of aryl methyl sites for hydroxylation is 1. The topological polar surface area (TPSA) is 47.4 Å². The van der Waals surface area contributed by atoms with E-state index in [0.717, 1.165) is 49.3 Å². The summed E-state index contributed by atoms with van der Waals surface area (Å²) in [7, 11) is 1.86. The molecule has 1 aromatic carbocycles. The van der Waals surface area contributed by atoms with Crippen LogP contribution in [0.25, 0.3) is 11.0 Å². The summed E-state index contributed by atoms with van der Waals surface area (Å²) in [5, 5.41) is 0. The minimum absolute atomic E-state index is 0.162. The van der Waals surface area contributed by atoms with E-state index in [2.05, 4.69) is 22.5 Å². The van der Waals surface area contributed by atoms with Crippen LogP contribution in [-0.2, 0) is 22.6 Å². The van der Waals surface area contributed by atoms with Gasteiger partial charge in [-0.1, -0.05) is 12.1 Å². The van der Waals surface area contributed by atoms with Crippen molar-refractivity contribution in [2.24, 2.45) is 0 Å². The number of hydrogen-bond acceptors (Lipinski definition) is 3. The van der Waals surface area contributed by atoms with E-state index in [1.807, 2.05) is 25.2 Å². The van der Waals surface area contributed by atoms with Crippen LogP contribution in [0, 0.1) is 0 Å². The fraction of sp³-hybridized carbons (Fsp3) is 0.556. The Morgan fingerprint density at radius 2 is 2.26 bits per heavy atom. The predicted octanol–water partition coefficient (Wildman–Crippen LogP) is 2.97. The molecular formula is C18H25N3O2. The van der Waals surface area contributed by atoms with Crippen molar-refractivity contribution in [1.29, 1.82) is 0 Å². The Labute approximate surface area is 137 Å². The standard InChI is InChI=1S/C18H25N3O2/c1-3-21-16-9-5-4-8-15(16)19-17(21)13-20(2)18(22)11-10-14-7-6-12-23-14/h4-5,8-9,14H,3,6-7,10-13H2,1-2H3. The van der Waals surface area contributed by atoms with Gasteiger partial charge >= 0.3 is 0 Å². The fourth-order valence-electron chi connectivity index (χ4n) is 3.25. The number of amides is 1. The van der Waals surface area contributed by atoms with Crippen LogP contribution >= 0.6 is 0 Å². The van der Waals surface area contributed by atoms with E-state index in [-0.39, 0.29) is 12.0 Å². The van der Waals surface area contributed by atoms with Gasteiger partial charge in [0.2, 0.25) is 5.91 Å². The molecule has 2 aromatic rings. The highest BCUT2D eigenvalue weighted by molar-refractivity contribution is 5.77. The first-order valence-electron chi connectivity index (χ1n) is 8.48. The number of nitrogens with zero attached hydrogens (tertiary/aromatic N) is 3. The zero-order chi connectivity index (χ0) is 16.2. The Morgan fingerprint density at radius 1 is 1.43 bits per heavy atom. The van der Waals surface area contributed by atoms with Crippen LogP contribution in [0.5, 0.6) is 0 Å². The Balaban J connectivity index is 1.64. The summed E-state index contributed by atoms with van der Waals surface area (Å²) in [5.41, 5.74) is 2.12. The van der Waals surface area contributed by atoms with Crippen LogP contribution in [0.15, 0.2) is 24.3 Å². The maximum Gasteiger partial charge on any atom is 0.222 e. The first-order chi connectivity index (χ1) is 11.2. The van der Waals surface area contributed by atoms with Gasteiger partial charge in [-0.3, -0.25) is 4.79 Å². The number of carbonyl (C=O) groups excluding carboxylic acids is 1. The summed E-state index contributed by atoms with van der Waals surface area (Å²) in [5.74, 6) is 1.11. The van der Waals surface area contributed by atoms with Crippen LogP contribution in [0.4, 0.5) is 0 Å². The number of rotatable bonds is 6. The second-order valence-electron chi connectivity index (χ2n) is 6.18. The van der Waals surface area contributed by atoms with Gasteiger partial charge in [-0.15, -0.1) is 0 Å². The Hall–Kier alpha value is -1.88. The van der Waals surface area contributed by atoms with Crippen molar-refractivity contribution in [1.82, 2.24) is 14.5 Å². The van der Waals surface area contributed by atoms with Crippen molar-refractivity contribution >= 4 is 16.9 Å². The van der Waals surface area contributed by atoms with Crippen molar-refractivity contribution in [3.8, 4) is 0 Å². The molecule has 5 heteroatoms. The van der Waals surface area contributed by atoms with Crippen LogP contribution in [0.1, 0.15) is 38.4 Å². The number of aromatic nitrogens is 2. The monoisotopic (exact) mass is 315 g/mol. The molecule has 0 spiro atoms. The molecule has 0 radical (unpaired) electrons. The lowest BCUT2D eigenvalue weighted by Crippen LogP contribution is -2.28. The molecule has 1 aliphatic heterocycles. The second kappa shape index (κ2) is 7.13. The highest BCUT2D eigenvalue weighted by atomic mass is 16.5. The molecule has 1 unspecified atom stereocenters. The number of hydrogen-bond donors (Lipinski definition) is 0. The van der Waals surface area contributed by atoms with Gasteiger partial charge in [0.15, 0.2) is 0 Å². The molecule has 1 atom stereocenters. The molecule has 0 N–H and O–H groups in total. The molecule has 1 fully saturated rings. The zero-order valence-electron chi connectivity index (χ0n) is 14.0. The number of imidazole rings is 1. The maximum atomic E-state index is 12.4. The quantitative estimate of drug-likeness (QED) is 0.823. The van der Waals surface area contributed by atoms with Crippen molar-refractivity contribution < 1.29 is 9.53 Å². The molecule has 3 rings (SSSR count). The average Bonchev–Trinajstić information content (AvgIpc) is 3.19. The molecule has 1 amide bonds. The van der Waals surface area contributed by atoms with Gasteiger partial charge in [-0.05, 0) is 38.3 Å². The van der Waals surface area contributed by atoms with E-state index < -0.39 is 0 Å². The van der Waals surface area contributed by atoms with E-state index in [1.165, 1.54) is 0 Å². The smallest absolute Gasteiger partial charge is 0.222 e. The normalized spacial score (nSPS) is 17.7. The van der Waals surface area contributed by atoms with Crippen molar-refractivity contribution in [3.63, 3.8) is 0 Å². The van der Waals surface area contributed by atoms with Gasteiger partial charge in [0, 0.05) is 26.6 Å². The summed E-state index contributed by atoms with van der Waals surface area (Å²) in [6.07, 6.45) is 3.85. The Morgan fingerprint density at radius 3 is 3.00 bits per heavy atom. The summed E-state index contributed by atoms with van der Waals surface area (Å²) in [6, 6.07) is 8.12. The summed E-state index contributed by atoms with van der Waals surface area (Å²) in [6.45, 7) is 4.35. The molecule has 5 nitrogen and oxygen atoms in total. The van der Waals surface area contributed by atoms with Gasteiger partial charge in [0.25, 0.3) is 0 Å². The predicted molar refractivity (Wildman–Crippen MR) is 90.1 cm³/mol. The number of fused-ring (bicyclic) bond motifs is 1. The van der Waals surface area contributed by atoms with Gasteiger partial charge < -0.3 is 14.2 Å². The molecule has 0 aliphatic carbocycles. The molecule has 1 aliphatic rings. The lowest BCUT2D eigenvalue weighted by atomic mass is 10.1. The highest BCUT2D eigenvalue weighted by Crippen LogP contribution is 2.19. The highest BCUT2D eigenvalue weighted by Gasteiger charge is 2.19. The van der Waals surface area contributed by atoms with E-state index in [4.69, 9.17) is 4.74 Å². The summed E-state index contributed by atoms with van der Waals surface area (Å²) in [4.78, 5) is 18.8. The maximum absolute atomic E-state index is 12.4. The lowest BCUT2D eigenvalue weighted by molar-refractivity contribution is -0.131. The molecule has 2 heterocycles. The van der Waals surface area contributed by atoms with Gasteiger partial charge in [-0.2, -0.15) is 0 Å².